The summed E-state index contributed by atoms with van der Waals surface area (Å²) >= 11 is 1.70. The fourth-order valence-electron chi connectivity index (χ4n) is 3.82. The molecule has 1 aromatic rings. The zero-order valence-electron chi connectivity index (χ0n) is 16.2. The van der Waals surface area contributed by atoms with Crippen LogP contribution in [0.15, 0.2) is 28.4 Å². The average Bonchev–Trinajstić information content (AvgIpc) is 3.03. The number of aliphatic imine (C=N–C) groups is 1. The third-order valence-corrected chi connectivity index (χ3v) is 6.67. The van der Waals surface area contributed by atoms with Crippen LogP contribution >= 0.6 is 11.3 Å². The average molecular weight is 374 g/mol. The van der Waals surface area contributed by atoms with Crippen molar-refractivity contribution in [2.45, 2.75) is 65.2 Å². The van der Waals surface area contributed by atoms with Gasteiger partial charge in [-0.2, -0.15) is 0 Å². The van der Waals surface area contributed by atoms with Gasteiger partial charge in [-0.1, -0.05) is 20.8 Å². The number of allylic oxidation sites excluding steroid dienone is 1. The van der Waals surface area contributed by atoms with Crippen LogP contribution in [0.25, 0.3) is 0 Å². The molecule has 1 aromatic heterocycles. The Morgan fingerprint density at radius 2 is 2.00 bits per heavy atom. The molecule has 0 aromatic carbocycles. The van der Waals surface area contributed by atoms with Crippen LogP contribution in [0.4, 0.5) is 0 Å². The molecule has 1 aliphatic heterocycles. The first-order valence-electron chi connectivity index (χ1n) is 9.32. The summed E-state index contributed by atoms with van der Waals surface area (Å²) in [6, 6.07) is 4.20. The number of hydrogen-bond donors (Lipinski definition) is 0. The Balaban J connectivity index is 2.13. The monoisotopic (exact) mass is 373 g/mol. The van der Waals surface area contributed by atoms with Gasteiger partial charge < -0.3 is 4.74 Å². The van der Waals surface area contributed by atoms with Crippen LogP contribution in [-0.4, -0.2) is 24.1 Å². The standard InChI is InChI=1S/C21H27NO3S/c1-6-25-20(24)17-12(2)22-13-8-7-9-14(23)18(13)19(17)15-10-11-16(26-15)21(3,4)5/h10-11,18-19H,6-9H2,1-5H3/t18-,19+/m1/s1. The summed E-state index contributed by atoms with van der Waals surface area (Å²) in [5.41, 5.74) is 2.22. The van der Waals surface area contributed by atoms with Crippen molar-refractivity contribution in [3.8, 4) is 0 Å². The first-order valence-corrected chi connectivity index (χ1v) is 10.1. The number of nitrogens with zero attached hydrogens (tertiary/aromatic N) is 1. The van der Waals surface area contributed by atoms with Gasteiger partial charge in [-0.25, -0.2) is 4.79 Å². The second-order valence-electron chi connectivity index (χ2n) is 8.05. The lowest BCUT2D eigenvalue weighted by Crippen LogP contribution is -2.38. The highest BCUT2D eigenvalue weighted by molar-refractivity contribution is 7.12. The zero-order chi connectivity index (χ0) is 19.1. The van der Waals surface area contributed by atoms with Crippen molar-refractivity contribution < 1.29 is 14.3 Å². The summed E-state index contributed by atoms with van der Waals surface area (Å²) in [6.45, 7) is 10.5. The Labute approximate surface area is 159 Å². The Bertz CT molecular complexity index is 794. The topological polar surface area (TPSA) is 55.7 Å². The molecule has 2 heterocycles. The molecule has 4 nitrogen and oxygen atoms in total. The molecule has 1 aliphatic carbocycles. The van der Waals surface area contributed by atoms with E-state index in [2.05, 4.69) is 37.9 Å². The van der Waals surface area contributed by atoms with Gasteiger partial charge in [0, 0.05) is 33.5 Å². The highest BCUT2D eigenvalue weighted by Crippen LogP contribution is 2.46. The number of ether oxygens (including phenoxy) is 1. The van der Waals surface area contributed by atoms with Gasteiger partial charge in [0.1, 0.15) is 5.78 Å². The highest BCUT2D eigenvalue weighted by Gasteiger charge is 2.44. The largest absolute Gasteiger partial charge is 0.463 e. The lowest BCUT2D eigenvalue weighted by molar-refractivity contribution is -0.139. The van der Waals surface area contributed by atoms with E-state index in [0.29, 0.717) is 24.3 Å². The molecule has 1 fully saturated rings. The minimum Gasteiger partial charge on any atom is -0.463 e. The molecule has 140 valence electrons. The molecule has 0 N–H and O–H groups in total. The van der Waals surface area contributed by atoms with E-state index in [1.165, 1.54) is 4.88 Å². The number of carbonyl (C=O) groups excluding carboxylic acids is 2. The molecule has 5 heteroatoms. The van der Waals surface area contributed by atoms with Crippen LogP contribution in [0.1, 0.15) is 69.6 Å². The molecule has 2 atom stereocenters. The van der Waals surface area contributed by atoms with Crippen LogP contribution in [0, 0.1) is 5.92 Å². The second-order valence-corrected chi connectivity index (χ2v) is 9.17. The molecule has 2 aliphatic rings. The minimum absolute atomic E-state index is 0.0356. The maximum atomic E-state index is 12.8. The second kappa shape index (κ2) is 7.10. The lowest BCUT2D eigenvalue weighted by Gasteiger charge is -2.34. The normalized spacial score (nSPS) is 23.6. The zero-order valence-corrected chi connectivity index (χ0v) is 17.0. The first kappa shape index (κ1) is 19.0. The third-order valence-electron chi connectivity index (χ3n) is 5.08. The Hall–Kier alpha value is -1.75. The molecule has 3 rings (SSSR count). The van der Waals surface area contributed by atoms with Gasteiger partial charge in [0.15, 0.2) is 0 Å². The van der Waals surface area contributed by atoms with Crippen LogP contribution in [-0.2, 0) is 19.7 Å². The number of hydrogen-bond acceptors (Lipinski definition) is 5. The third kappa shape index (κ3) is 3.41. The molecule has 1 saturated carbocycles. The van der Waals surface area contributed by atoms with Gasteiger partial charge >= 0.3 is 5.97 Å². The molecule has 0 spiro atoms. The van der Waals surface area contributed by atoms with Gasteiger partial charge in [0.2, 0.25) is 0 Å². The lowest BCUT2D eigenvalue weighted by atomic mass is 9.71. The number of esters is 1. The van der Waals surface area contributed by atoms with Crippen molar-refractivity contribution in [1.82, 2.24) is 0 Å². The van der Waals surface area contributed by atoms with E-state index in [-0.39, 0.29) is 29.0 Å². The van der Waals surface area contributed by atoms with Crippen molar-refractivity contribution in [3.05, 3.63) is 33.2 Å². The molecule has 0 unspecified atom stereocenters. The molecule has 0 amide bonds. The van der Waals surface area contributed by atoms with Crippen molar-refractivity contribution in [2.24, 2.45) is 10.9 Å². The molecular weight excluding hydrogens is 346 g/mol. The van der Waals surface area contributed by atoms with Gasteiger partial charge in [-0.15, -0.1) is 11.3 Å². The number of thiophene rings is 1. The van der Waals surface area contributed by atoms with Crippen LogP contribution in [0.2, 0.25) is 0 Å². The first-order chi connectivity index (χ1) is 12.2. The molecular formula is C21H27NO3S. The van der Waals surface area contributed by atoms with E-state index < -0.39 is 0 Å². The smallest absolute Gasteiger partial charge is 0.336 e. The van der Waals surface area contributed by atoms with Crippen molar-refractivity contribution >= 4 is 28.8 Å². The van der Waals surface area contributed by atoms with Gasteiger partial charge in [0.05, 0.1) is 18.1 Å². The molecule has 0 radical (unpaired) electrons. The summed E-state index contributed by atoms with van der Waals surface area (Å²) in [5, 5.41) is 0. The van der Waals surface area contributed by atoms with Crippen molar-refractivity contribution in [1.29, 1.82) is 0 Å². The summed E-state index contributed by atoms with van der Waals surface area (Å²) in [4.78, 5) is 32.5. The summed E-state index contributed by atoms with van der Waals surface area (Å²) < 4.78 is 5.32. The van der Waals surface area contributed by atoms with Crippen molar-refractivity contribution in [3.63, 3.8) is 0 Å². The van der Waals surface area contributed by atoms with Crippen molar-refractivity contribution in [2.75, 3.05) is 6.61 Å². The highest BCUT2D eigenvalue weighted by atomic mass is 32.1. The predicted molar refractivity (Wildman–Crippen MR) is 105 cm³/mol. The Morgan fingerprint density at radius 1 is 1.27 bits per heavy atom. The molecule has 26 heavy (non-hydrogen) atoms. The minimum atomic E-state index is -0.345. The predicted octanol–water partition coefficient (Wildman–Crippen LogP) is 4.79. The van der Waals surface area contributed by atoms with E-state index >= 15 is 0 Å². The summed E-state index contributed by atoms with van der Waals surface area (Å²) in [7, 11) is 0. The summed E-state index contributed by atoms with van der Waals surface area (Å²) in [6.07, 6.45) is 2.24. The van der Waals surface area contributed by atoms with E-state index in [4.69, 9.17) is 4.74 Å². The quantitative estimate of drug-likeness (QED) is 0.716. The van der Waals surface area contributed by atoms with Gasteiger partial charge in [0.25, 0.3) is 0 Å². The van der Waals surface area contributed by atoms with E-state index in [1.807, 2.05) is 6.92 Å². The number of fused-ring (bicyclic) bond motifs is 1. The number of carbonyl (C=O) groups is 2. The number of Topliss-reactive ketones (excluding diaryl/α,β-unsaturated/α-hetero) is 1. The maximum Gasteiger partial charge on any atom is 0.336 e. The van der Waals surface area contributed by atoms with Gasteiger partial charge in [-0.3, -0.25) is 9.79 Å². The van der Waals surface area contributed by atoms with E-state index in [9.17, 15) is 9.59 Å². The fourth-order valence-corrected chi connectivity index (χ4v) is 5.04. The maximum absolute atomic E-state index is 12.8. The Kier molecular flexibility index (Phi) is 5.20. The van der Waals surface area contributed by atoms with E-state index in [1.54, 1.807) is 18.3 Å². The van der Waals surface area contributed by atoms with Crippen LogP contribution < -0.4 is 0 Å². The fraction of sp³-hybridized carbons (Fsp3) is 0.571. The SMILES string of the molecule is CCOC(=O)C1=C(C)N=C2CCCC(=O)[C@@H]2[C@H]1c1ccc(C(C)(C)C)s1. The number of ketones is 1. The summed E-state index contributed by atoms with van der Waals surface area (Å²) in [5.74, 6) is -0.740. The van der Waals surface area contributed by atoms with Gasteiger partial charge in [-0.05, 0) is 44.2 Å². The van der Waals surface area contributed by atoms with E-state index in [0.717, 1.165) is 23.4 Å². The van der Waals surface area contributed by atoms with Crippen LogP contribution in [0.3, 0.4) is 0 Å². The Morgan fingerprint density at radius 3 is 2.62 bits per heavy atom. The molecule has 0 saturated heterocycles. The molecule has 0 bridgehead atoms. The number of rotatable bonds is 3. The van der Waals surface area contributed by atoms with Crippen LogP contribution in [0.5, 0.6) is 0 Å².